The molecular formula is C30H50N2. The first-order valence-electron chi connectivity index (χ1n) is 15.2. The summed E-state index contributed by atoms with van der Waals surface area (Å²) in [4.78, 5) is 0. The highest BCUT2D eigenvalue weighted by Gasteiger charge is 2.55. The van der Waals surface area contributed by atoms with Crippen molar-refractivity contribution < 1.29 is 0 Å². The third-order valence-corrected chi connectivity index (χ3v) is 13.4. The summed E-state index contributed by atoms with van der Waals surface area (Å²) in [5.41, 5.74) is 13.6. The maximum absolute atomic E-state index is 6.87. The highest BCUT2D eigenvalue weighted by molar-refractivity contribution is 5.07. The highest BCUT2D eigenvalue weighted by Crippen LogP contribution is 2.60. The third-order valence-electron chi connectivity index (χ3n) is 13.4. The summed E-state index contributed by atoms with van der Waals surface area (Å²) in [6.45, 7) is 0. The molecule has 180 valence electrons. The van der Waals surface area contributed by atoms with E-state index in [1.54, 1.807) is 32.1 Å². The predicted molar refractivity (Wildman–Crippen MR) is 132 cm³/mol. The van der Waals surface area contributed by atoms with Gasteiger partial charge in [-0.25, -0.2) is 0 Å². The molecule has 0 spiro atoms. The lowest BCUT2D eigenvalue weighted by Crippen LogP contribution is -2.56. The molecule has 0 aromatic rings. The molecule has 14 atom stereocenters. The first kappa shape index (κ1) is 21.2. The fraction of sp³-hybridized carbons (Fsp3) is 1.00. The van der Waals surface area contributed by atoms with Crippen LogP contribution >= 0.6 is 0 Å². The quantitative estimate of drug-likeness (QED) is 0.535. The van der Waals surface area contributed by atoms with Gasteiger partial charge in [0.05, 0.1) is 0 Å². The molecule has 7 saturated carbocycles. The van der Waals surface area contributed by atoms with E-state index in [1.807, 2.05) is 0 Å². The summed E-state index contributed by atoms with van der Waals surface area (Å²) in [6, 6.07) is 1.11. The second kappa shape index (κ2) is 8.25. The molecule has 7 fully saturated rings. The fourth-order valence-electron chi connectivity index (χ4n) is 12.1. The van der Waals surface area contributed by atoms with E-state index in [2.05, 4.69) is 0 Å². The Morgan fingerprint density at radius 1 is 0.344 bits per heavy atom. The summed E-state index contributed by atoms with van der Waals surface area (Å²) in [5, 5.41) is 0. The lowest BCUT2D eigenvalue weighted by atomic mass is 9.57. The molecule has 4 N–H and O–H groups in total. The van der Waals surface area contributed by atoms with Crippen molar-refractivity contribution in [2.45, 2.75) is 115 Å². The number of fused-ring (bicyclic) bond motifs is 2. The zero-order chi connectivity index (χ0) is 21.4. The maximum atomic E-state index is 6.87. The number of hydrogen-bond acceptors (Lipinski definition) is 2. The topological polar surface area (TPSA) is 52.0 Å². The van der Waals surface area contributed by atoms with Crippen LogP contribution in [0.1, 0.15) is 103 Å². The molecule has 0 bridgehead atoms. The first-order chi connectivity index (χ1) is 15.7. The van der Waals surface area contributed by atoms with Crippen LogP contribution in [0, 0.1) is 71.0 Å². The van der Waals surface area contributed by atoms with Crippen LogP contribution in [-0.4, -0.2) is 12.1 Å². The molecule has 2 nitrogen and oxygen atoms in total. The van der Waals surface area contributed by atoms with Gasteiger partial charge in [-0.2, -0.15) is 0 Å². The molecule has 7 rings (SSSR count). The third kappa shape index (κ3) is 3.24. The summed E-state index contributed by atoms with van der Waals surface area (Å²) in [6.07, 6.45) is 24.1. The molecule has 0 aromatic heterocycles. The number of hydrogen-bond donors (Lipinski definition) is 2. The Labute approximate surface area is 197 Å². The van der Waals surface area contributed by atoms with Gasteiger partial charge in [0.1, 0.15) is 0 Å². The van der Waals surface area contributed by atoms with Gasteiger partial charge < -0.3 is 11.5 Å². The second-order valence-corrected chi connectivity index (χ2v) is 14.2. The smallest absolute Gasteiger partial charge is 0.0104 e. The van der Waals surface area contributed by atoms with Gasteiger partial charge in [-0.3, -0.25) is 0 Å². The van der Waals surface area contributed by atoms with E-state index in [0.29, 0.717) is 12.1 Å². The van der Waals surface area contributed by atoms with Crippen LogP contribution in [0.25, 0.3) is 0 Å². The van der Waals surface area contributed by atoms with E-state index >= 15 is 0 Å². The molecule has 0 aliphatic heterocycles. The largest absolute Gasteiger partial charge is 0.327 e. The monoisotopic (exact) mass is 438 g/mol. The predicted octanol–water partition coefficient (Wildman–Crippen LogP) is 6.37. The Morgan fingerprint density at radius 2 is 0.844 bits per heavy atom. The Balaban J connectivity index is 0.974. The Hall–Kier alpha value is -0.0800. The average Bonchev–Trinajstić information content (AvgIpc) is 3.59. The lowest BCUT2D eigenvalue weighted by Gasteiger charge is -2.50. The van der Waals surface area contributed by atoms with Crippen LogP contribution < -0.4 is 11.5 Å². The van der Waals surface area contributed by atoms with E-state index < -0.39 is 0 Å². The maximum Gasteiger partial charge on any atom is 0.0104 e. The molecule has 2 heteroatoms. The Bertz CT molecular complexity index is 690. The molecule has 0 heterocycles. The molecule has 14 unspecified atom stereocenters. The van der Waals surface area contributed by atoms with Crippen molar-refractivity contribution in [1.29, 1.82) is 0 Å². The normalized spacial score (nSPS) is 59.4. The zero-order valence-corrected chi connectivity index (χ0v) is 20.6. The van der Waals surface area contributed by atoms with Gasteiger partial charge in [-0.1, -0.05) is 25.7 Å². The summed E-state index contributed by atoms with van der Waals surface area (Å²) >= 11 is 0. The van der Waals surface area contributed by atoms with Crippen molar-refractivity contribution in [2.75, 3.05) is 0 Å². The SMILES string of the molecule is NC1C2CCCC2CC1C1CCC(C2CCCC2C2CCC(C3C(N)C4CCCC43)C2)C1. The van der Waals surface area contributed by atoms with Crippen LogP contribution in [0.2, 0.25) is 0 Å². The first-order valence-corrected chi connectivity index (χ1v) is 15.2. The van der Waals surface area contributed by atoms with E-state index in [9.17, 15) is 0 Å². The molecular weight excluding hydrogens is 388 g/mol. The molecule has 0 amide bonds. The fourth-order valence-corrected chi connectivity index (χ4v) is 12.1. The lowest BCUT2D eigenvalue weighted by molar-refractivity contribution is 0.0148. The van der Waals surface area contributed by atoms with Crippen molar-refractivity contribution in [2.24, 2.45) is 82.5 Å². The molecule has 7 aliphatic carbocycles. The van der Waals surface area contributed by atoms with Crippen LogP contribution in [0.4, 0.5) is 0 Å². The second-order valence-electron chi connectivity index (χ2n) is 14.2. The molecule has 0 aromatic carbocycles. The van der Waals surface area contributed by atoms with Crippen LogP contribution in [0.5, 0.6) is 0 Å². The zero-order valence-electron chi connectivity index (χ0n) is 20.6. The molecule has 0 saturated heterocycles. The van der Waals surface area contributed by atoms with Crippen molar-refractivity contribution >= 4 is 0 Å². The van der Waals surface area contributed by atoms with E-state index in [1.165, 1.54) is 70.6 Å². The Kier molecular flexibility index (Phi) is 5.47. The van der Waals surface area contributed by atoms with E-state index in [0.717, 1.165) is 71.0 Å². The van der Waals surface area contributed by atoms with Gasteiger partial charge >= 0.3 is 0 Å². The molecule has 0 radical (unpaired) electrons. The van der Waals surface area contributed by atoms with Gasteiger partial charge in [0.15, 0.2) is 0 Å². The Morgan fingerprint density at radius 3 is 1.56 bits per heavy atom. The van der Waals surface area contributed by atoms with Crippen LogP contribution in [0.15, 0.2) is 0 Å². The molecule has 7 aliphatic rings. The summed E-state index contributed by atoms with van der Waals surface area (Å²) in [5.74, 6) is 11.8. The van der Waals surface area contributed by atoms with Gasteiger partial charge in [0.2, 0.25) is 0 Å². The molecule has 32 heavy (non-hydrogen) atoms. The standard InChI is InChI=1S/C30H50N2/c31-29-24-7-1-4-17(24)16-27(29)20-11-10-18(14-20)22-5-2-6-23(22)19-12-13-21(15-19)28-25-8-3-9-26(25)30(28)32/h17-30H,1-16,31-32H2. The van der Waals surface area contributed by atoms with Gasteiger partial charge in [0.25, 0.3) is 0 Å². The van der Waals surface area contributed by atoms with Gasteiger partial charge in [-0.05, 0) is 148 Å². The number of nitrogens with two attached hydrogens (primary N) is 2. The highest BCUT2D eigenvalue weighted by atomic mass is 14.8. The van der Waals surface area contributed by atoms with Crippen molar-refractivity contribution in [3.8, 4) is 0 Å². The minimum absolute atomic E-state index is 0.548. The van der Waals surface area contributed by atoms with Crippen LogP contribution in [-0.2, 0) is 0 Å². The minimum atomic E-state index is 0.548. The van der Waals surface area contributed by atoms with Gasteiger partial charge in [-0.15, -0.1) is 0 Å². The van der Waals surface area contributed by atoms with Crippen molar-refractivity contribution in [3.05, 3.63) is 0 Å². The van der Waals surface area contributed by atoms with Crippen molar-refractivity contribution in [1.82, 2.24) is 0 Å². The minimum Gasteiger partial charge on any atom is -0.327 e. The van der Waals surface area contributed by atoms with Crippen molar-refractivity contribution in [3.63, 3.8) is 0 Å². The van der Waals surface area contributed by atoms with E-state index in [-0.39, 0.29) is 0 Å². The van der Waals surface area contributed by atoms with Gasteiger partial charge in [0, 0.05) is 12.1 Å². The van der Waals surface area contributed by atoms with E-state index in [4.69, 9.17) is 11.5 Å². The average molecular weight is 439 g/mol. The summed E-state index contributed by atoms with van der Waals surface area (Å²) < 4.78 is 0. The summed E-state index contributed by atoms with van der Waals surface area (Å²) in [7, 11) is 0. The van der Waals surface area contributed by atoms with Crippen LogP contribution in [0.3, 0.4) is 0 Å². The number of rotatable bonds is 4.